The van der Waals surface area contributed by atoms with Crippen molar-refractivity contribution in [3.63, 3.8) is 0 Å². The van der Waals surface area contributed by atoms with Crippen LogP contribution in [-0.4, -0.2) is 43.0 Å². The summed E-state index contributed by atoms with van der Waals surface area (Å²) in [5, 5.41) is 6.55. The lowest BCUT2D eigenvalue weighted by molar-refractivity contribution is -0.275. The first-order valence-electron chi connectivity index (χ1n) is 10.7. The number of carbonyl (C=O) groups is 2. The van der Waals surface area contributed by atoms with Crippen molar-refractivity contribution in [3.8, 4) is 0 Å². The summed E-state index contributed by atoms with van der Waals surface area (Å²) in [5.74, 6) is -3.09. The molecule has 1 unspecified atom stereocenters. The molecule has 0 bridgehead atoms. The van der Waals surface area contributed by atoms with Crippen molar-refractivity contribution in [3.05, 3.63) is 69.0 Å². The molecule has 2 amide bonds. The monoisotopic (exact) mass is 571 g/mol. The molecule has 1 atom stereocenters. The second kappa shape index (κ2) is 10.8. The molecule has 2 aromatic rings. The average molecular weight is 572 g/mol. The van der Waals surface area contributed by atoms with Crippen LogP contribution in [0.15, 0.2) is 35.5 Å². The minimum Gasteiger partial charge on any atom is -0.374 e. The highest BCUT2D eigenvalue weighted by molar-refractivity contribution is 6.30. The fraction of sp³-hybridized carbons (Fsp3) is 0.348. The minimum absolute atomic E-state index is 0.00289. The normalized spacial score (nSPS) is 17.6. The Morgan fingerprint density at radius 1 is 1.11 bits per heavy atom. The van der Waals surface area contributed by atoms with Gasteiger partial charge in [-0.2, -0.15) is 26.3 Å². The van der Waals surface area contributed by atoms with Gasteiger partial charge in [-0.3, -0.25) is 9.59 Å². The van der Waals surface area contributed by atoms with Crippen molar-refractivity contribution in [2.45, 2.75) is 38.0 Å². The molecule has 2 aromatic carbocycles. The van der Waals surface area contributed by atoms with E-state index in [-0.39, 0.29) is 22.4 Å². The van der Waals surface area contributed by atoms with E-state index in [1.54, 1.807) is 5.32 Å². The van der Waals surface area contributed by atoms with Gasteiger partial charge < -0.3 is 15.5 Å². The first-order valence-corrected chi connectivity index (χ1v) is 11.0. The van der Waals surface area contributed by atoms with E-state index in [2.05, 4.69) is 10.5 Å². The molecule has 1 aliphatic heterocycles. The van der Waals surface area contributed by atoms with Crippen LogP contribution in [0.2, 0.25) is 5.02 Å². The third kappa shape index (κ3) is 6.17. The number of hydrogen-bond acceptors (Lipinski definition) is 4. The van der Waals surface area contributed by atoms with Crippen molar-refractivity contribution in [2.24, 2.45) is 5.16 Å². The second-order valence-electron chi connectivity index (χ2n) is 8.30. The van der Waals surface area contributed by atoms with Gasteiger partial charge in [-0.15, -0.1) is 0 Å². The number of rotatable bonds is 7. The molecule has 0 aliphatic carbocycles. The lowest BCUT2D eigenvalue weighted by atomic mass is 9.85. The highest BCUT2D eigenvalue weighted by atomic mass is 35.5. The van der Waals surface area contributed by atoms with Crippen LogP contribution in [-0.2, 0) is 21.9 Å². The molecule has 2 N–H and O–H groups in total. The maximum atomic E-state index is 14.2. The fourth-order valence-electron chi connectivity index (χ4n) is 3.65. The molecule has 15 heteroatoms. The first kappa shape index (κ1) is 29.1. The maximum absolute atomic E-state index is 14.2. The minimum atomic E-state index is -5.07. The standard InChI is InChI=1S/C23H18ClF8N3O3/c1-11-4-12(2-3-15(11)20(37)33-9-18(36)34-10-22(27,28)29)17-7-21(38-35-17,23(30,31)32)14-5-13(8-25)19(26)16(24)6-14/h2-6H,7-10H2,1H3,(H,33,37)(H,34,36). The summed E-state index contributed by atoms with van der Waals surface area (Å²) in [6.07, 6.45) is -10.6. The van der Waals surface area contributed by atoms with E-state index >= 15 is 0 Å². The lowest BCUT2D eigenvalue weighted by Crippen LogP contribution is -2.42. The van der Waals surface area contributed by atoms with Gasteiger partial charge in [-0.1, -0.05) is 22.8 Å². The number of carbonyl (C=O) groups excluding carboxylic acids is 2. The summed E-state index contributed by atoms with van der Waals surface area (Å²) in [7, 11) is 0. The molecule has 1 aliphatic rings. The highest BCUT2D eigenvalue weighted by Gasteiger charge is 2.62. The van der Waals surface area contributed by atoms with Crippen LogP contribution < -0.4 is 10.6 Å². The van der Waals surface area contributed by atoms with Gasteiger partial charge >= 0.3 is 12.4 Å². The number of amides is 2. The third-order valence-electron chi connectivity index (χ3n) is 5.60. The summed E-state index contributed by atoms with van der Waals surface area (Å²) < 4.78 is 106. The molecule has 0 radical (unpaired) electrons. The smallest absolute Gasteiger partial charge is 0.374 e. The van der Waals surface area contributed by atoms with Crippen LogP contribution in [0, 0.1) is 12.7 Å². The number of alkyl halides is 7. The van der Waals surface area contributed by atoms with Crippen molar-refractivity contribution >= 4 is 29.1 Å². The number of hydrogen-bond donors (Lipinski definition) is 2. The summed E-state index contributed by atoms with van der Waals surface area (Å²) in [6.45, 7) is -2.29. The Morgan fingerprint density at radius 2 is 1.79 bits per heavy atom. The largest absolute Gasteiger partial charge is 0.435 e. The summed E-state index contributed by atoms with van der Waals surface area (Å²) in [6, 6.07) is 5.14. The highest BCUT2D eigenvalue weighted by Crippen LogP contribution is 2.49. The molecule has 38 heavy (non-hydrogen) atoms. The van der Waals surface area contributed by atoms with E-state index in [0.29, 0.717) is 12.1 Å². The SMILES string of the molecule is Cc1cc(C2=NOC(c3cc(Cl)c(F)c(CF)c3)(C(F)(F)F)C2)ccc1C(=O)NCC(=O)NCC(F)(F)F. The maximum Gasteiger partial charge on any atom is 0.435 e. The van der Waals surface area contributed by atoms with Gasteiger partial charge in [-0.05, 0) is 42.3 Å². The van der Waals surface area contributed by atoms with E-state index in [1.165, 1.54) is 25.1 Å². The van der Waals surface area contributed by atoms with Gasteiger partial charge in [0.15, 0.2) is 0 Å². The van der Waals surface area contributed by atoms with Gasteiger partial charge in [-0.25, -0.2) is 8.78 Å². The topological polar surface area (TPSA) is 79.8 Å². The van der Waals surface area contributed by atoms with Crippen LogP contribution in [0.1, 0.15) is 39.0 Å². The molecule has 1 heterocycles. The first-order chi connectivity index (χ1) is 17.6. The van der Waals surface area contributed by atoms with Gasteiger partial charge in [0, 0.05) is 23.1 Å². The molecule has 6 nitrogen and oxygen atoms in total. The number of benzene rings is 2. The Balaban J connectivity index is 1.79. The van der Waals surface area contributed by atoms with Crippen molar-refractivity contribution in [1.29, 1.82) is 0 Å². The molecule has 0 aromatic heterocycles. The lowest BCUT2D eigenvalue weighted by Gasteiger charge is -2.30. The van der Waals surface area contributed by atoms with E-state index in [9.17, 15) is 44.7 Å². The number of halogens is 9. The number of aryl methyl sites for hydroxylation is 1. The van der Waals surface area contributed by atoms with Crippen LogP contribution in [0.3, 0.4) is 0 Å². The van der Waals surface area contributed by atoms with Crippen LogP contribution in [0.5, 0.6) is 0 Å². The number of oxime groups is 1. The molecule has 0 saturated carbocycles. The Hall–Kier alpha value is -3.42. The number of nitrogens with one attached hydrogen (secondary N) is 2. The van der Waals surface area contributed by atoms with Gasteiger partial charge in [0.05, 0.1) is 17.3 Å². The summed E-state index contributed by atoms with van der Waals surface area (Å²) >= 11 is 5.68. The fourth-order valence-corrected chi connectivity index (χ4v) is 3.89. The van der Waals surface area contributed by atoms with E-state index < -0.39 is 77.9 Å². The molecule has 0 fully saturated rings. The summed E-state index contributed by atoms with van der Waals surface area (Å²) in [4.78, 5) is 28.7. The van der Waals surface area contributed by atoms with E-state index in [4.69, 9.17) is 16.4 Å². The Labute approximate surface area is 215 Å². The molecular formula is C23H18ClF8N3O3. The van der Waals surface area contributed by atoms with Gasteiger partial charge in [0.25, 0.3) is 11.5 Å². The molecule has 0 saturated heterocycles. The zero-order valence-electron chi connectivity index (χ0n) is 19.3. The Kier molecular flexibility index (Phi) is 8.24. The Bertz CT molecular complexity index is 1280. The quantitative estimate of drug-likeness (QED) is 0.446. The van der Waals surface area contributed by atoms with Gasteiger partial charge in [0.1, 0.15) is 19.0 Å². The third-order valence-corrected chi connectivity index (χ3v) is 5.87. The van der Waals surface area contributed by atoms with Crippen LogP contribution >= 0.6 is 11.6 Å². The zero-order chi connectivity index (χ0) is 28.5. The molecular weight excluding hydrogens is 554 g/mol. The van der Waals surface area contributed by atoms with Crippen molar-refractivity contribution in [1.82, 2.24) is 10.6 Å². The molecule has 0 spiro atoms. The van der Waals surface area contributed by atoms with Crippen LogP contribution in [0.25, 0.3) is 0 Å². The summed E-state index contributed by atoms with van der Waals surface area (Å²) in [5.41, 5.74) is -4.24. The molecule has 3 rings (SSSR count). The van der Waals surface area contributed by atoms with E-state index in [1.807, 2.05) is 0 Å². The van der Waals surface area contributed by atoms with Crippen molar-refractivity contribution < 1.29 is 49.5 Å². The van der Waals surface area contributed by atoms with E-state index in [0.717, 1.165) is 0 Å². The second-order valence-corrected chi connectivity index (χ2v) is 8.71. The van der Waals surface area contributed by atoms with Crippen LogP contribution in [0.4, 0.5) is 35.1 Å². The zero-order valence-corrected chi connectivity index (χ0v) is 20.0. The average Bonchev–Trinajstić information content (AvgIpc) is 3.29. The Morgan fingerprint density at radius 3 is 2.37 bits per heavy atom. The molecule has 206 valence electrons. The predicted octanol–water partition coefficient (Wildman–Crippen LogP) is 5.25. The predicted molar refractivity (Wildman–Crippen MR) is 119 cm³/mol. The van der Waals surface area contributed by atoms with Crippen molar-refractivity contribution in [2.75, 3.05) is 13.1 Å². The number of nitrogens with zero attached hydrogens (tertiary/aromatic N) is 1. The van der Waals surface area contributed by atoms with Gasteiger partial charge in [0.2, 0.25) is 5.91 Å².